The Kier molecular flexibility index (Phi) is 4.66. The molecular weight excluding hydrogens is 240 g/mol. The summed E-state index contributed by atoms with van der Waals surface area (Å²) < 4.78 is 0. The third-order valence-electron chi connectivity index (χ3n) is 3.95. The van der Waals surface area contributed by atoms with Gasteiger partial charge in [0, 0.05) is 18.2 Å². The van der Waals surface area contributed by atoms with Gasteiger partial charge in [0.1, 0.15) is 11.5 Å². The average molecular weight is 264 g/mol. The van der Waals surface area contributed by atoms with E-state index in [0.717, 1.165) is 38.0 Å². The molecule has 1 unspecified atom stereocenters. The molecule has 1 heterocycles. The van der Waals surface area contributed by atoms with Gasteiger partial charge in [-0.25, -0.2) is 0 Å². The zero-order chi connectivity index (χ0) is 13.8. The Hall–Kier alpha value is -1.26. The van der Waals surface area contributed by atoms with Crippen LogP contribution in [-0.2, 0) is 0 Å². The van der Waals surface area contributed by atoms with Crippen LogP contribution in [0, 0.1) is 0 Å². The van der Waals surface area contributed by atoms with E-state index in [1.165, 1.54) is 6.07 Å². The van der Waals surface area contributed by atoms with E-state index < -0.39 is 0 Å². The van der Waals surface area contributed by atoms with Crippen molar-refractivity contribution in [1.82, 2.24) is 10.2 Å². The van der Waals surface area contributed by atoms with Crippen molar-refractivity contribution in [2.24, 2.45) is 0 Å². The van der Waals surface area contributed by atoms with Crippen LogP contribution in [0.1, 0.15) is 38.3 Å². The number of benzene rings is 1. The van der Waals surface area contributed by atoms with Gasteiger partial charge in [0.25, 0.3) is 0 Å². The molecule has 1 aromatic rings. The summed E-state index contributed by atoms with van der Waals surface area (Å²) in [6.45, 7) is 7.69. The molecule has 0 aliphatic carbocycles. The van der Waals surface area contributed by atoms with E-state index in [-0.39, 0.29) is 17.5 Å². The summed E-state index contributed by atoms with van der Waals surface area (Å²) in [7, 11) is 0. The average Bonchev–Trinajstić information content (AvgIpc) is 2.38. The van der Waals surface area contributed by atoms with Crippen LogP contribution in [-0.4, -0.2) is 40.8 Å². The lowest BCUT2D eigenvalue weighted by Gasteiger charge is -2.33. The highest BCUT2D eigenvalue weighted by Crippen LogP contribution is 2.25. The molecule has 0 bridgehead atoms. The maximum absolute atomic E-state index is 9.52. The standard InChI is InChI=1S/C15H24N2O2/c1-3-17-6-4-13(5-7-17)16-11(2)12-8-14(18)10-15(19)9-12/h8-11,13,16,18-19H,3-7H2,1-2H3. The predicted molar refractivity (Wildman–Crippen MR) is 76.5 cm³/mol. The van der Waals surface area contributed by atoms with Gasteiger partial charge in [0.2, 0.25) is 0 Å². The first-order chi connectivity index (χ1) is 9.08. The summed E-state index contributed by atoms with van der Waals surface area (Å²) in [5.74, 6) is 0.230. The van der Waals surface area contributed by atoms with Crippen LogP contribution in [0.15, 0.2) is 18.2 Å². The lowest BCUT2D eigenvalue weighted by molar-refractivity contribution is 0.200. The number of aromatic hydroxyl groups is 2. The summed E-state index contributed by atoms with van der Waals surface area (Å²) >= 11 is 0. The van der Waals surface area contributed by atoms with E-state index in [4.69, 9.17) is 0 Å². The Bertz CT molecular complexity index is 394. The third-order valence-corrected chi connectivity index (χ3v) is 3.95. The summed E-state index contributed by atoms with van der Waals surface area (Å²) in [5.41, 5.74) is 0.926. The second-order valence-electron chi connectivity index (χ2n) is 5.38. The van der Waals surface area contributed by atoms with E-state index >= 15 is 0 Å². The minimum Gasteiger partial charge on any atom is -0.508 e. The molecule has 1 atom stereocenters. The van der Waals surface area contributed by atoms with Crippen LogP contribution < -0.4 is 5.32 Å². The van der Waals surface area contributed by atoms with Gasteiger partial charge in [0.05, 0.1) is 0 Å². The maximum Gasteiger partial charge on any atom is 0.119 e. The van der Waals surface area contributed by atoms with Crippen molar-refractivity contribution in [2.75, 3.05) is 19.6 Å². The van der Waals surface area contributed by atoms with E-state index in [2.05, 4.69) is 24.1 Å². The summed E-state index contributed by atoms with van der Waals surface area (Å²) in [5, 5.41) is 22.6. The molecule has 1 saturated heterocycles. The van der Waals surface area contributed by atoms with E-state index in [1.807, 2.05) is 0 Å². The van der Waals surface area contributed by atoms with Gasteiger partial charge in [-0.3, -0.25) is 0 Å². The van der Waals surface area contributed by atoms with Crippen LogP contribution >= 0.6 is 0 Å². The monoisotopic (exact) mass is 264 g/mol. The molecule has 1 aliphatic rings. The first-order valence-corrected chi connectivity index (χ1v) is 7.09. The molecule has 3 N–H and O–H groups in total. The van der Waals surface area contributed by atoms with Gasteiger partial charge in [0.15, 0.2) is 0 Å². The molecule has 4 heteroatoms. The molecule has 106 valence electrons. The number of hydrogen-bond acceptors (Lipinski definition) is 4. The van der Waals surface area contributed by atoms with Gasteiger partial charge in [-0.1, -0.05) is 6.92 Å². The van der Waals surface area contributed by atoms with Crippen LogP contribution in [0.3, 0.4) is 0 Å². The van der Waals surface area contributed by atoms with Gasteiger partial charge >= 0.3 is 0 Å². The molecule has 0 radical (unpaired) electrons. The summed E-state index contributed by atoms with van der Waals surface area (Å²) in [4.78, 5) is 2.46. The molecule has 0 amide bonds. The number of nitrogens with one attached hydrogen (secondary N) is 1. The Morgan fingerprint density at radius 2 is 1.79 bits per heavy atom. The van der Waals surface area contributed by atoms with E-state index in [1.54, 1.807) is 12.1 Å². The minimum atomic E-state index is 0.115. The van der Waals surface area contributed by atoms with E-state index in [0.29, 0.717) is 6.04 Å². The molecule has 0 saturated carbocycles. The van der Waals surface area contributed by atoms with Gasteiger partial charge in [-0.15, -0.1) is 0 Å². The molecule has 19 heavy (non-hydrogen) atoms. The van der Waals surface area contributed by atoms with Gasteiger partial charge in [-0.05, 0) is 57.1 Å². The van der Waals surface area contributed by atoms with Crippen molar-refractivity contribution in [3.8, 4) is 11.5 Å². The number of nitrogens with zero attached hydrogens (tertiary/aromatic N) is 1. The first-order valence-electron chi connectivity index (χ1n) is 7.09. The largest absolute Gasteiger partial charge is 0.508 e. The number of rotatable bonds is 4. The van der Waals surface area contributed by atoms with Crippen molar-refractivity contribution in [3.05, 3.63) is 23.8 Å². The molecule has 2 rings (SSSR count). The second-order valence-corrected chi connectivity index (χ2v) is 5.38. The molecule has 4 nitrogen and oxygen atoms in total. The van der Waals surface area contributed by atoms with Gasteiger partial charge < -0.3 is 20.4 Å². The molecule has 1 fully saturated rings. The smallest absolute Gasteiger partial charge is 0.119 e. The van der Waals surface area contributed by atoms with E-state index in [9.17, 15) is 10.2 Å². The summed E-state index contributed by atoms with van der Waals surface area (Å²) in [6, 6.07) is 5.42. The Balaban J connectivity index is 1.92. The number of hydrogen-bond donors (Lipinski definition) is 3. The zero-order valence-corrected chi connectivity index (χ0v) is 11.8. The number of piperidine rings is 1. The maximum atomic E-state index is 9.52. The molecule has 1 aromatic carbocycles. The van der Waals surface area contributed by atoms with Crippen molar-refractivity contribution in [2.45, 2.75) is 38.8 Å². The quantitative estimate of drug-likeness (QED) is 0.780. The minimum absolute atomic E-state index is 0.115. The van der Waals surface area contributed by atoms with Crippen molar-refractivity contribution >= 4 is 0 Å². The normalized spacial score (nSPS) is 19.5. The SMILES string of the molecule is CCN1CCC(NC(C)c2cc(O)cc(O)c2)CC1. The summed E-state index contributed by atoms with van der Waals surface area (Å²) in [6.07, 6.45) is 2.31. The third kappa shape index (κ3) is 3.85. The van der Waals surface area contributed by atoms with Crippen molar-refractivity contribution in [3.63, 3.8) is 0 Å². The molecular formula is C15H24N2O2. The molecule has 1 aliphatic heterocycles. The Labute approximate surface area is 115 Å². The predicted octanol–water partition coefficient (Wildman–Crippen LogP) is 2.23. The van der Waals surface area contributed by atoms with Crippen LogP contribution in [0.5, 0.6) is 11.5 Å². The highest BCUT2D eigenvalue weighted by molar-refractivity contribution is 5.37. The van der Waals surface area contributed by atoms with Gasteiger partial charge in [-0.2, -0.15) is 0 Å². The fourth-order valence-corrected chi connectivity index (χ4v) is 2.73. The second kappa shape index (κ2) is 6.26. The topological polar surface area (TPSA) is 55.7 Å². The lowest BCUT2D eigenvalue weighted by atomic mass is 10.0. The first kappa shape index (κ1) is 14.2. The molecule has 0 spiro atoms. The van der Waals surface area contributed by atoms with Crippen molar-refractivity contribution in [1.29, 1.82) is 0 Å². The fraction of sp³-hybridized carbons (Fsp3) is 0.600. The Morgan fingerprint density at radius 1 is 1.21 bits per heavy atom. The number of phenols is 2. The fourth-order valence-electron chi connectivity index (χ4n) is 2.73. The Morgan fingerprint density at radius 3 is 2.32 bits per heavy atom. The van der Waals surface area contributed by atoms with Crippen LogP contribution in [0.2, 0.25) is 0 Å². The van der Waals surface area contributed by atoms with Crippen molar-refractivity contribution < 1.29 is 10.2 Å². The number of likely N-dealkylation sites (tertiary alicyclic amines) is 1. The highest BCUT2D eigenvalue weighted by atomic mass is 16.3. The van der Waals surface area contributed by atoms with Crippen LogP contribution in [0.4, 0.5) is 0 Å². The lowest BCUT2D eigenvalue weighted by Crippen LogP contribution is -2.43. The highest BCUT2D eigenvalue weighted by Gasteiger charge is 2.20. The number of phenolic OH excluding ortho intramolecular Hbond substituents is 2. The van der Waals surface area contributed by atoms with Crippen LogP contribution in [0.25, 0.3) is 0 Å². The molecule has 0 aromatic heterocycles. The zero-order valence-electron chi connectivity index (χ0n) is 11.8.